The minimum atomic E-state index is -1.09. The molecule has 1 atom stereocenters. The van der Waals surface area contributed by atoms with Crippen molar-refractivity contribution in [1.29, 1.82) is 0 Å². The molecule has 0 heterocycles. The molecule has 0 saturated carbocycles. The van der Waals surface area contributed by atoms with Gasteiger partial charge in [0.25, 0.3) is 0 Å². The lowest BCUT2D eigenvalue weighted by Gasteiger charge is -2.18. The Kier molecular flexibility index (Phi) is 6.50. The molecule has 0 spiro atoms. The molecule has 0 aliphatic carbocycles. The maximum atomic E-state index is 11.8. The van der Waals surface area contributed by atoms with Gasteiger partial charge in [0.15, 0.2) is 0 Å². The smallest absolute Gasteiger partial charge is 0.334 e. The van der Waals surface area contributed by atoms with Crippen molar-refractivity contribution in [3.63, 3.8) is 0 Å². The Labute approximate surface area is 119 Å². The summed E-state index contributed by atoms with van der Waals surface area (Å²) in [5.74, 6) is -1.73. The van der Waals surface area contributed by atoms with E-state index in [0.717, 1.165) is 18.4 Å². The van der Waals surface area contributed by atoms with Gasteiger partial charge < -0.3 is 9.84 Å². The van der Waals surface area contributed by atoms with E-state index < -0.39 is 18.4 Å². The summed E-state index contributed by atoms with van der Waals surface area (Å²) in [6, 6.07) is 9.45. The molecule has 0 amide bonds. The Bertz CT molecular complexity index is 465. The number of rotatable bonds is 8. The molecular formula is C16H20O4. The summed E-state index contributed by atoms with van der Waals surface area (Å²) in [6.45, 7) is 5.53. The van der Waals surface area contributed by atoms with E-state index in [1.165, 1.54) is 0 Å². The highest BCUT2D eigenvalue weighted by atomic mass is 16.5. The Morgan fingerprint density at radius 3 is 2.50 bits per heavy atom. The minimum Gasteiger partial charge on any atom is -0.481 e. The molecule has 0 aliphatic rings. The zero-order valence-electron chi connectivity index (χ0n) is 11.7. The zero-order valence-corrected chi connectivity index (χ0v) is 11.7. The fourth-order valence-electron chi connectivity index (χ4n) is 1.82. The number of hydrogen-bond acceptors (Lipinski definition) is 3. The summed E-state index contributed by atoms with van der Waals surface area (Å²) in [6.07, 6.45) is 1.89. The van der Waals surface area contributed by atoms with Crippen LogP contribution in [0.15, 0.2) is 42.5 Å². The van der Waals surface area contributed by atoms with Crippen LogP contribution in [0, 0.1) is 0 Å². The lowest BCUT2D eigenvalue weighted by Crippen LogP contribution is -2.15. The fraction of sp³-hybridized carbons (Fsp3) is 0.375. The van der Waals surface area contributed by atoms with Gasteiger partial charge in [-0.1, -0.05) is 50.3 Å². The van der Waals surface area contributed by atoms with E-state index >= 15 is 0 Å². The summed E-state index contributed by atoms with van der Waals surface area (Å²) in [5, 5.41) is 8.66. The van der Waals surface area contributed by atoms with Gasteiger partial charge in [-0.15, -0.1) is 0 Å². The van der Waals surface area contributed by atoms with Crippen molar-refractivity contribution in [3.8, 4) is 0 Å². The van der Waals surface area contributed by atoms with Crippen molar-refractivity contribution >= 4 is 11.9 Å². The monoisotopic (exact) mass is 276 g/mol. The quantitative estimate of drug-likeness (QED) is 0.583. The SMILES string of the molecule is C=C(CC(=O)O)C(=O)OC(CCCC)c1ccccc1. The lowest BCUT2D eigenvalue weighted by molar-refractivity contribution is -0.147. The van der Waals surface area contributed by atoms with E-state index in [9.17, 15) is 9.59 Å². The van der Waals surface area contributed by atoms with Gasteiger partial charge in [0.05, 0.1) is 6.42 Å². The van der Waals surface area contributed by atoms with E-state index in [1.807, 2.05) is 30.3 Å². The molecule has 0 saturated heterocycles. The second kappa shape index (κ2) is 8.15. The molecule has 4 heteroatoms. The minimum absolute atomic E-state index is 0.0325. The first-order chi connectivity index (χ1) is 9.54. The molecule has 4 nitrogen and oxygen atoms in total. The number of aliphatic carboxylic acids is 1. The van der Waals surface area contributed by atoms with Gasteiger partial charge in [-0.05, 0) is 18.4 Å². The maximum Gasteiger partial charge on any atom is 0.334 e. The lowest BCUT2D eigenvalue weighted by atomic mass is 10.0. The van der Waals surface area contributed by atoms with Gasteiger partial charge in [-0.25, -0.2) is 4.79 Å². The first-order valence-electron chi connectivity index (χ1n) is 6.70. The van der Waals surface area contributed by atoms with Crippen molar-refractivity contribution in [3.05, 3.63) is 48.0 Å². The van der Waals surface area contributed by atoms with Gasteiger partial charge >= 0.3 is 11.9 Å². The molecule has 0 fully saturated rings. The van der Waals surface area contributed by atoms with Crippen LogP contribution in [-0.4, -0.2) is 17.0 Å². The third-order valence-corrected chi connectivity index (χ3v) is 2.89. The van der Waals surface area contributed by atoms with E-state index in [0.29, 0.717) is 6.42 Å². The molecule has 0 aliphatic heterocycles. The molecule has 0 radical (unpaired) electrons. The third-order valence-electron chi connectivity index (χ3n) is 2.89. The number of unbranched alkanes of at least 4 members (excludes halogenated alkanes) is 1. The fourth-order valence-corrected chi connectivity index (χ4v) is 1.82. The van der Waals surface area contributed by atoms with E-state index in [1.54, 1.807) is 0 Å². The third kappa shape index (κ3) is 5.26. The van der Waals surface area contributed by atoms with Crippen molar-refractivity contribution in [2.24, 2.45) is 0 Å². The predicted molar refractivity (Wildman–Crippen MR) is 76.2 cm³/mol. The van der Waals surface area contributed by atoms with Crippen LogP contribution >= 0.6 is 0 Å². The second-order valence-corrected chi connectivity index (χ2v) is 4.62. The summed E-state index contributed by atoms with van der Waals surface area (Å²) in [5.41, 5.74) is 0.882. The Morgan fingerprint density at radius 2 is 1.95 bits per heavy atom. The van der Waals surface area contributed by atoms with E-state index in [-0.39, 0.29) is 11.7 Å². The number of carboxylic acids is 1. The van der Waals surface area contributed by atoms with Crippen molar-refractivity contribution in [2.75, 3.05) is 0 Å². The van der Waals surface area contributed by atoms with Gasteiger partial charge in [0.2, 0.25) is 0 Å². The molecule has 0 bridgehead atoms. The number of carbonyl (C=O) groups is 2. The predicted octanol–water partition coefficient (Wildman–Crippen LogP) is 3.49. The Balaban J connectivity index is 2.72. The van der Waals surface area contributed by atoms with Gasteiger partial charge in [-0.2, -0.15) is 0 Å². The molecule has 1 aromatic carbocycles. The number of esters is 1. The van der Waals surface area contributed by atoms with Crippen molar-refractivity contribution < 1.29 is 19.4 Å². The Hall–Kier alpha value is -2.10. The van der Waals surface area contributed by atoms with Crippen molar-refractivity contribution in [2.45, 2.75) is 38.7 Å². The number of carboxylic acid groups (broad SMARTS) is 1. The van der Waals surface area contributed by atoms with Crippen LogP contribution in [0.3, 0.4) is 0 Å². The van der Waals surface area contributed by atoms with Crippen LogP contribution in [0.2, 0.25) is 0 Å². The highest BCUT2D eigenvalue weighted by molar-refractivity contribution is 5.92. The average molecular weight is 276 g/mol. The van der Waals surface area contributed by atoms with Crippen LogP contribution in [0.5, 0.6) is 0 Å². The van der Waals surface area contributed by atoms with Crippen LogP contribution in [0.1, 0.15) is 44.3 Å². The molecule has 1 N–H and O–H groups in total. The number of carbonyl (C=O) groups excluding carboxylic acids is 1. The van der Waals surface area contributed by atoms with E-state index in [4.69, 9.17) is 9.84 Å². The molecule has 20 heavy (non-hydrogen) atoms. The second-order valence-electron chi connectivity index (χ2n) is 4.62. The van der Waals surface area contributed by atoms with Crippen molar-refractivity contribution in [1.82, 2.24) is 0 Å². The summed E-state index contributed by atoms with van der Waals surface area (Å²) < 4.78 is 5.40. The van der Waals surface area contributed by atoms with Crippen LogP contribution in [-0.2, 0) is 14.3 Å². The molecule has 108 valence electrons. The van der Waals surface area contributed by atoms with Crippen LogP contribution in [0.4, 0.5) is 0 Å². The first kappa shape index (κ1) is 16.0. The largest absolute Gasteiger partial charge is 0.481 e. The highest BCUT2D eigenvalue weighted by Crippen LogP contribution is 2.24. The Morgan fingerprint density at radius 1 is 1.30 bits per heavy atom. The number of hydrogen-bond donors (Lipinski definition) is 1. The maximum absolute atomic E-state index is 11.8. The summed E-state index contributed by atoms with van der Waals surface area (Å²) >= 11 is 0. The summed E-state index contributed by atoms with van der Waals surface area (Å²) in [7, 11) is 0. The average Bonchev–Trinajstić information content (AvgIpc) is 2.43. The van der Waals surface area contributed by atoms with Gasteiger partial charge in [-0.3, -0.25) is 4.79 Å². The van der Waals surface area contributed by atoms with Crippen LogP contribution in [0.25, 0.3) is 0 Å². The van der Waals surface area contributed by atoms with Crippen LogP contribution < -0.4 is 0 Å². The normalized spacial score (nSPS) is 11.7. The number of benzene rings is 1. The molecule has 1 rings (SSSR count). The topological polar surface area (TPSA) is 63.6 Å². The van der Waals surface area contributed by atoms with Gasteiger partial charge in [0, 0.05) is 5.57 Å². The first-order valence-corrected chi connectivity index (χ1v) is 6.70. The standard InChI is InChI=1S/C16H20O4/c1-3-4-10-14(13-8-6-5-7-9-13)20-16(19)12(2)11-15(17)18/h5-9,14H,2-4,10-11H2,1H3,(H,17,18). The summed E-state index contributed by atoms with van der Waals surface area (Å²) in [4.78, 5) is 22.4. The van der Waals surface area contributed by atoms with Gasteiger partial charge in [0.1, 0.15) is 6.10 Å². The molecule has 1 unspecified atom stereocenters. The molecular weight excluding hydrogens is 256 g/mol. The number of ether oxygens (including phenoxy) is 1. The van der Waals surface area contributed by atoms with E-state index in [2.05, 4.69) is 13.5 Å². The molecule has 0 aromatic heterocycles. The zero-order chi connectivity index (χ0) is 15.0. The highest BCUT2D eigenvalue weighted by Gasteiger charge is 2.19. The molecule has 1 aromatic rings.